The molecular weight excluding hydrogens is 210 g/mol. The van der Waals surface area contributed by atoms with Crippen LogP contribution in [-0.4, -0.2) is 23.6 Å². The second-order valence-corrected chi connectivity index (χ2v) is 4.75. The zero-order valence-electron chi connectivity index (χ0n) is 9.50. The van der Waals surface area contributed by atoms with Crippen LogP contribution in [0.4, 0.5) is 0 Å². The molecule has 84 valence electrons. The van der Waals surface area contributed by atoms with Crippen LogP contribution in [0.1, 0.15) is 19.4 Å². The lowest BCUT2D eigenvalue weighted by Gasteiger charge is -2.19. The van der Waals surface area contributed by atoms with Crippen LogP contribution in [0, 0.1) is 5.92 Å². The Morgan fingerprint density at radius 2 is 2.07 bits per heavy atom. The molecule has 0 aliphatic rings. The van der Waals surface area contributed by atoms with Crippen LogP contribution in [0.5, 0.6) is 5.75 Å². The van der Waals surface area contributed by atoms with E-state index in [4.69, 9.17) is 11.6 Å². The van der Waals surface area contributed by atoms with Crippen molar-refractivity contribution in [2.75, 3.05) is 13.6 Å². The molecule has 3 heteroatoms. The fourth-order valence-corrected chi connectivity index (χ4v) is 1.86. The molecule has 0 aliphatic carbocycles. The molecule has 1 aromatic carbocycles. The van der Waals surface area contributed by atoms with Gasteiger partial charge in [-0.05, 0) is 19.0 Å². The molecule has 0 aliphatic heterocycles. The van der Waals surface area contributed by atoms with Crippen LogP contribution in [0.3, 0.4) is 0 Å². The highest BCUT2D eigenvalue weighted by molar-refractivity contribution is 6.32. The first-order chi connectivity index (χ1) is 7.00. The zero-order valence-corrected chi connectivity index (χ0v) is 10.3. The number of hydrogen-bond donors (Lipinski definition) is 1. The molecule has 0 aromatic heterocycles. The van der Waals surface area contributed by atoms with E-state index in [2.05, 4.69) is 18.7 Å². The average molecular weight is 228 g/mol. The minimum atomic E-state index is 0.203. The molecule has 0 unspecified atom stereocenters. The molecule has 1 N–H and O–H groups in total. The highest BCUT2D eigenvalue weighted by Gasteiger charge is 2.08. The van der Waals surface area contributed by atoms with Gasteiger partial charge >= 0.3 is 0 Å². The Morgan fingerprint density at radius 3 is 2.67 bits per heavy atom. The minimum Gasteiger partial charge on any atom is -0.506 e. The van der Waals surface area contributed by atoms with Crippen molar-refractivity contribution in [1.29, 1.82) is 0 Å². The minimum absolute atomic E-state index is 0.203. The summed E-state index contributed by atoms with van der Waals surface area (Å²) in [7, 11) is 2.04. The predicted octanol–water partition coefficient (Wildman–Crippen LogP) is 3.13. The van der Waals surface area contributed by atoms with Crippen molar-refractivity contribution in [3.63, 3.8) is 0 Å². The van der Waals surface area contributed by atoms with E-state index in [-0.39, 0.29) is 5.75 Å². The molecule has 1 aromatic rings. The lowest BCUT2D eigenvalue weighted by molar-refractivity contribution is 0.284. The molecule has 0 atom stereocenters. The summed E-state index contributed by atoms with van der Waals surface area (Å²) in [6.07, 6.45) is 0. The van der Waals surface area contributed by atoms with E-state index in [1.54, 1.807) is 6.07 Å². The number of halogens is 1. The Hall–Kier alpha value is -0.730. The van der Waals surface area contributed by atoms with E-state index in [0.29, 0.717) is 10.9 Å². The molecule has 0 radical (unpaired) electrons. The number of hydrogen-bond acceptors (Lipinski definition) is 2. The van der Waals surface area contributed by atoms with E-state index in [1.807, 2.05) is 19.2 Å². The van der Waals surface area contributed by atoms with Gasteiger partial charge in [0.2, 0.25) is 0 Å². The average Bonchev–Trinajstić information content (AvgIpc) is 2.11. The molecule has 0 saturated carbocycles. The first kappa shape index (κ1) is 12.3. The summed E-state index contributed by atoms with van der Waals surface area (Å²) in [4.78, 5) is 2.18. The Labute approximate surface area is 96.5 Å². The number of nitrogens with zero attached hydrogens (tertiary/aromatic N) is 1. The third-order valence-corrected chi connectivity index (χ3v) is 2.49. The fraction of sp³-hybridized carbons (Fsp3) is 0.500. The highest BCUT2D eigenvalue weighted by atomic mass is 35.5. The molecule has 0 amide bonds. The largest absolute Gasteiger partial charge is 0.506 e. The van der Waals surface area contributed by atoms with Gasteiger partial charge in [0.25, 0.3) is 0 Å². The van der Waals surface area contributed by atoms with Crippen molar-refractivity contribution in [3.05, 3.63) is 28.8 Å². The first-order valence-corrected chi connectivity index (χ1v) is 5.53. The van der Waals surface area contributed by atoms with E-state index in [9.17, 15) is 5.11 Å². The molecule has 2 nitrogen and oxygen atoms in total. The molecule has 0 spiro atoms. The first-order valence-electron chi connectivity index (χ1n) is 5.15. The van der Waals surface area contributed by atoms with Gasteiger partial charge in [-0.15, -0.1) is 0 Å². The van der Waals surface area contributed by atoms with E-state index >= 15 is 0 Å². The Bertz CT molecular complexity index is 325. The van der Waals surface area contributed by atoms with E-state index in [1.165, 1.54) is 0 Å². The van der Waals surface area contributed by atoms with E-state index in [0.717, 1.165) is 18.7 Å². The maximum Gasteiger partial charge on any atom is 0.138 e. The number of rotatable bonds is 4. The molecular formula is C12H18ClNO. The van der Waals surface area contributed by atoms with Crippen LogP contribution in [0.2, 0.25) is 5.02 Å². The van der Waals surface area contributed by atoms with Gasteiger partial charge < -0.3 is 10.0 Å². The summed E-state index contributed by atoms with van der Waals surface area (Å²) >= 11 is 5.83. The van der Waals surface area contributed by atoms with Gasteiger partial charge in [-0.3, -0.25) is 0 Å². The molecule has 0 heterocycles. The Balaban J connectivity index is 2.68. The third kappa shape index (κ3) is 3.73. The lowest BCUT2D eigenvalue weighted by Crippen LogP contribution is -2.22. The molecule has 0 fully saturated rings. The van der Waals surface area contributed by atoms with Crippen LogP contribution < -0.4 is 0 Å². The van der Waals surface area contributed by atoms with Gasteiger partial charge in [0.1, 0.15) is 5.75 Å². The molecule has 0 saturated heterocycles. The summed E-state index contributed by atoms with van der Waals surface area (Å²) in [6, 6.07) is 5.46. The topological polar surface area (TPSA) is 23.5 Å². The smallest absolute Gasteiger partial charge is 0.138 e. The van der Waals surface area contributed by atoms with Gasteiger partial charge in [-0.2, -0.15) is 0 Å². The van der Waals surface area contributed by atoms with Crippen molar-refractivity contribution >= 4 is 11.6 Å². The summed E-state index contributed by atoms with van der Waals surface area (Å²) < 4.78 is 0. The van der Waals surface area contributed by atoms with Crippen molar-refractivity contribution < 1.29 is 5.11 Å². The van der Waals surface area contributed by atoms with Gasteiger partial charge in [0, 0.05) is 18.7 Å². The van der Waals surface area contributed by atoms with Crippen molar-refractivity contribution in [2.24, 2.45) is 5.92 Å². The van der Waals surface area contributed by atoms with Gasteiger partial charge in [0.15, 0.2) is 0 Å². The van der Waals surface area contributed by atoms with Gasteiger partial charge in [-0.25, -0.2) is 0 Å². The number of benzene rings is 1. The van der Waals surface area contributed by atoms with Gasteiger partial charge in [-0.1, -0.05) is 37.6 Å². The fourth-order valence-electron chi connectivity index (χ4n) is 1.67. The Morgan fingerprint density at radius 1 is 1.40 bits per heavy atom. The monoisotopic (exact) mass is 227 g/mol. The standard InChI is InChI=1S/C12H18ClNO/c1-9(2)7-14(3)8-10-5-4-6-11(13)12(10)15/h4-6,9,15H,7-8H2,1-3H3. The normalized spacial score (nSPS) is 11.3. The SMILES string of the molecule is CC(C)CN(C)Cc1cccc(Cl)c1O. The summed E-state index contributed by atoms with van der Waals surface area (Å²) in [5.41, 5.74) is 0.880. The third-order valence-electron chi connectivity index (χ3n) is 2.19. The second kappa shape index (κ2) is 5.38. The number of phenols is 1. The molecule has 15 heavy (non-hydrogen) atoms. The quantitative estimate of drug-likeness (QED) is 0.855. The van der Waals surface area contributed by atoms with Gasteiger partial charge in [0.05, 0.1) is 5.02 Å². The maximum atomic E-state index is 9.72. The van der Waals surface area contributed by atoms with Crippen molar-refractivity contribution in [2.45, 2.75) is 20.4 Å². The number of phenolic OH excluding ortho intramolecular Hbond substituents is 1. The van der Waals surface area contributed by atoms with Crippen LogP contribution in [-0.2, 0) is 6.54 Å². The molecule has 0 bridgehead atoms. The number of para-hydroxylation sites is 1. The van der Waals surface area contributed by atoms with E-state index < -0.39 is 0 Å². The van der Waals surface area contributed by atoms with Crippen LogP contribution >= 0.6 is 11.6 Å². The highest BCUT2D eigenvalue weighted by Crippen LogP contribution is 2.27. The van der Waals surface area contributed by atoms with Crippen molar-refractivity contribution in [3.8, 4) is 5.75 Å². The summed E-state index contributed by atoms with van der Waals surface area (Å²) in [5, 5.41) is 10.1. The van der Waals surface area contributed by atoms with Crippen molar-refractivity contribution in [1.82, 2.24) is 4.90 Å². The Kier molecular flexibility index (Phi) is 4.43. The second-order valence-electron chi connectivity index (χ2n) is 4.34. The maximum absolute atomic E-state index is 9.72. The van der Waals surface area contributed by atoms with Crippen LogP contribution in [0.15, 0.2) is 18.2 Å². The zero-order chi connectivity index (χ0) is 11.4. The van der Waals surface area contributed by atoms with Crippen LogP contribution in [0.25, 0.3) is 0 Å². The number of aromatic hydroxyl groups is 1. The lowest BCUT2D eigenvalue weighted by atomic mass is 10.1. The summed E-state index contributed by atoms with van der Waals surface area (Å²) in [6.45, 7) is 6.08. The predicted molar refractivity (Wildman–Crippen MR) is 64.3 cm³/mol. The molecule has 1 rings (SSSR count). The summed E-state index contributed by atoms with van der Waals surface area (Å²) in [5.74, 6) is 0.825.